The summed E-state index contributed by atoms with van der Waals surface area (Å²) in [5.41, 5.74) is 7.91. The van der Waals surface area contributed by atoms with E-state index < -0.39 is 0 Å². The molecule has 0 spiro atoms. The van der Waals surface area contributed by atoms with Crippen LogP contribution in [0, 0.1) is 11.3 Å². The highest BCUT2D eigenvalue weighted by Crippen LogP contribution is 2.21. The van der Waals surface area contributed by atoms with Gasteiger partial charge in [-0.05, 0) is 18.2 Å². The molecule has 0 amide bonds. The van der Waals surface area contributed by atoms with Crippen molar-refractivity contribution in [1.82, 2.24) is 9.97 Å². The van der Waals surface area contributed by atoms with Crippen molar-refractivity contribution in [3.63, 3.8) is 0 Å². The molecule has 3 rings (SSSR count). The van der Waals surface area contributed by atoms with E-state index in [2.05, 4.69) is 25.8 Å². The van der Waals surface area contributed by atoms with E-state index in [1.165, 1.54) is 0 Å². The van der Waals surface area contributed by atoms with Crippen molar-refractivity contribution in [2.24, 2.45) is 0 Å². The largest absolute Gasteiger partial charge is 0.397 e. The first-order valence-electron chi connectivity index (χ1n) is 6.83. The van der Waals surface area contributed by atoms with Crippen LogP contribution in [-0.2, 0) is 0 Å². The van der Waals surface area contributed by atoms with Crippen molar-refractivity contribution in [1.29, 1.82) is 5.26 Å². The molecule has 106 valence electrons. The molecular formula is C15H16N6. The zero-order valence-corrected chi connectivity index (χ0v) is 11.6. The molecular weight excluding hydrogens is 264 g/mol. The van der Waals surface area contributed by atoms with Gasteiger partial charge < -0.3 is 15.5 Å². The number of pyridine rings is 2. The van der Waals surface area contributed by atoms with E-state index in [4.69, 9.17) is 11.0 Å². The van der Waals surface area contributed by atoms with Gasteiger partial charge in [0.05, 0.1) is 29.3 Å². The molecule has 6 heteroatoms. The Labute approximate surface area is 123 Å². The van der Waals surface area contributed by atoms with Gasteiger partial charge in [0.2, 0.25) is 0 Å². The van der Waals surface area contributed by atoms with E-state index in [0.717, 1.165) is 37.7 Å². The summed E-state index contributed by atoms with van der Waals surface area (Å²) in [6.07, 6.45) is 5.09. The average molecular weight is 280 g/mol. The quantitative estimate of drug-likeness (QED) is 0.891. The first kappa shape index (κ1) is 13.2. The molecule has 21 heavy (non-hydrogen) atoms. The SMILES string of the molecule is N#Cc1ccncc1N1CCN(c2ccc(N)cn2)CC1. The predicted octanol–water partition coefficient (Wildman–Crippen LogP) is 1.26. The number of piperazine rings is 1. The molecule has 0 saturated carbocycles. The molecule has 6 nitrogen and oxygen atoms in total. The molecule has 2 aromatic heterocycles. The highest BCUT2D eigenvalue weighted by Gasteiger charge is 2.20. The zero-order chi connectivity index (χ0) is 14.7. The second kappa shape index (κ2) is 5.67. The number of anilines is 3. The van der Waals surface area contributed by atoms with Crippen molar-refractivity contribution in [2.45, 2.75) is 0 Å². The second-order valence-corrected chi connectivity index (χ2v) is 4.93. The molecule has 0 unspecified atom stereocenters. The maximum atomic E-state index is 9.17. The maximum absolute atomic E-state index is 9.17. The molecule has 0 aliphatic carbocycles. The number of nitrogen functional groups attached to an aromatic ring is 1. The Morgan fingerprint density at radius 2 is 1.81 bits per heavy atom. The highest BCUT2D eigenvalue weighted by molar-refractivity contribution is 5.58. The van der Waals surface area contributed by atoms with Crippen LogP contribution in [0.4, 0.5) is 17.2 Å². The van der Waals surface area contributed by atoms with Gasteiger partial charge in [-0.3, -0.25) is 4.98 Å². The van der Waals surface area contributed by atoms with Gasteiger partial charge in [0.25, 0.3) is 0 Å². The molecule has 1 saturated heterocycles. The summed E-state index contributed by atoms with van der Waals surface area (Å²) < 4.78 is 0. The average Bonchev–Trinajstić information content (AvgIpc) is 2.56. The predicted molar refractivity (Wildman–Crippen MR) is 82.0 cm³/mol. The summed E-state index contributed by atoms with van der Waals surface area (Å²) in [4.78, 5) is 12.9. The van der Waals surface area contributed by atoms with Crippen LogP contribution >= 0.6 is 0 Å². The van der Waals surface area contributed by atoms with E-state index in [0.29, 0.717) is 11.3 Å². The first-order valence-corrected chi connectivity index (χ1v) is 6.83. The Morgan fingerprint density at radius 1 is 1.05 bits per heavy atom. The molecule has 0 bridgehead atoms. The fraction of sp³-hybridized carbons (Fsp3) is 0.267. The summed E-state index contributed by atoms with van der Waals surface area (Å²) in [7, 11) is 0. The lowest BCUT2D eigenvalue weighted by Gasteiger charge is -2.36. The molecule has 1 aliphatic rings. The van der Waals surface area contributed by atoms with E-state index in [-0.39, 0.29) is 0 Å². The summed E-state index contributed by atoms with van der Waals surface area (Å²) in [5.74, 6) is 0.940. The van der Waals surface area contributed by atoms with Gasteiger partial charge in [0, 0.05) is 32.4 Å². The van der Waals surface area contributed by atoms with Crippen LogP contribution in [0.25, 0.3) is 0 Å². The second-order valence-electron chi connectivity index (χ2n) is 4.93. The van der Waals surface area contributed by atoms with Crippen LogP contribution < -0.4 is 15.5 Å². The molecule has 1 fully saturated rings. The molecule has 0 aromatic carbocycles. The number of nitrogens with two attached hydrogens (primary N) is 1. The Morgan fingerprint density at radius 3 is 2.48 bits per heavy atom. The number of hydrogen-bond donors (Lipinski definition) is 1. The number of hydrogen-bond acceptors (Lipinski definition) is 6. The van der Waals surface area contributed by atoms with Crippen LogP contribution in [0.15, 0.2) is 36.8 Å². The first-order chi connectivity index (χ1) is 10.3. The van der Waals surface area contributed by atoms with Crippen molar-refractivity contribution >= 4 is 17.2 Å². The van der Waals surface area contributed by atoms with E-state index >= 15 is 0 Å². The molecule has 2 N–H and O–H groups in total. The van der Waals surface area contributed by atoms with Gasteiger partial charge in [-0.1, -0.05) is 0 Å². The third kappa shape index (κ3) is 2.72. The Kier molecular flexibility index (Phi) is 3.56. The normalized spacial score (nSPS) is 14.8. The van der Waals surface area contributed by atoms with Crippen LogP contribution in [0.2, 0.25) is 0 Å². The van der Waals surface area contributed by atoms with E-state index in [1.54, 1.807) is 24.7 Å². The summed E-state index contributed by atoms with van der Waals surface area (Å²) in [6.45, 7) is 3.40. The van der Waals surface area contributed by atoms with Gasteiger partial charge >= 0.3 is 0 Å². The van der Waals surface area contributed by atoms with Gasteiger partial charge in [-0.25, -0.2) is 4.98 Å². The molecule has 0 radical (unpaired) electrons. The van der Waals surface area contributed by atoms with Crippen molar-refractivity contribution in [3.05, 3.63) is 42.4 Å². The molecule has 1 aliphatic heterocycles. The number of nitriles is 1. The van der Waals surface area contributed by atoms with Crippen LogP contribution in [0.5, 0.6) is 0 Å². The maximum Gasteiger partial charge on any atom is 0.128 e. The van der Waals surface area contributed by atoms with Crippen LogP contribution in [0.3, 0.4) is 0 Å². The van der Waals surface area contributed by atoms with Gasteiger partial charge in [0.15, 0.2) is 0 Å². The lowest BCUT2D eigenvalue weighted by Crippen LogP contribution is -2.47. The van der Waals surface area contributed by atoms with E-state index in [9.17, 15) is 0 Å². The van der Waals surface area contributed by atoms with Crippen LogP contribution in [0.1, 0.15) is 5.56 Å². The number of aromatic nitrogens is 2. The monoisotopic (exact) mass is 280 g/mol. The van der Waals surface area contributed by atoms with Crippen molar-refractivity contribution in [2.75, 3.05) is 41.7 Å². The number of nitrogens with zero attached hydrogens (tertiary/aromatic N) is 5. The lowest BCUT2D eigenvalue weighted by molar-refractivity contribution is 0.646. The fourth-order valence-electron chi connectivity index (χ4n) is 2.49. The molecule has 2 aromatic rings. The third-order valence-electron chi connectivity index (χ3n) is 3.64. The minimum atomic E-state index is 0.670. The minimum absolute atomic E-state index is 0.670. The van der Waals surface area contributed by atoms with E-state index in [1.807, 2.05) is 12.1 Å². The summed E-state index contributed by atoms with van der Waals surface area (Å²) >= 11 is 0. The minimum Gasteiger partial charge on any atom is -0.397 e. The highest BCUT2D eigenvalue weighted by atomic mass is 15.3. The number of rotatable bonds is 2. The topological polar surface area (TPSA) is 82.1 Å². The van der Waals surface area contributed by atoms with Gasteiger partial charge in [-0.15, -0.1) is 0 Å². The van der Waals surface area contributed by atoms with Crippen LogP contribution in [-0.4, -0.2) is 36.1 Å². The van der Waals surface area contributed by atoms with Crippen molar-refractivity contribution < 1.29 is 0 Å². The zero-order valence-electron chi connectivity index (χ0n) is 11.6. The Bertz CT molecular complexity index is 653. The summed E-state index contributed by atoms with van der Waals surface area (Å²) in [6, 6.07) is 7.78. The summed E-state index contributed by atoms with van der Waals surface area (Å²) in [5, 5.41) is 9.17. The van der Waals surface area contributed by atoms with Crippen molar-refractivity contribution in [3.8, 4) is 6.07 Å². The lowest BCUT2D eigenvalue weighted by atomic mass is 10.2. The molecule has 0 atom stereocenters. The Hall–Kier alpha value is -2.81. The molecule has 3 heterocycles. The van der Waals surface area contributed by atoms with Gasteiger partial charge in [0.1, 0.15) is 11.9 Å². The van der Waals surface area contributed by atoms with Gasteiger partial charge in [-0.2, -0.15) is 5.26 Å². The fourth-order valence-corrected chi connectivity index (χ4v) is 2.49. The Balaban J connectivity index is 1.70. The standard InChI is InChI=1S/C15H16N6/c16-9-12-3-4-18-11-14(12)20-5-7-21(8-6-20)15-2-1-13(17)10-19-15/h1-4,10-11H,5-8,17H2. The third-order valence-corrected chi connectivity index (χ3v) is 3.64. The smallest absolute Gasteiger partial charge is 0.128 e.